The number of nitrogens with one attached hydrogen (secondary N) is 1. The number of halogens is 2. The number of anilines is 1. The van der Waals surface area contributed by atoms with E-state index >= 15 is 0 Å². The molecule has 3 rings (SSSR count). The molecule has 8 heteroatoms. The molecule has 1 N–H and O–H groups in total. The third-order valence-electron chi connectivity index (χ3n) is 3.40. The van der Waals surface area contributed by atoms with Crippen molar-refractivity contribution in [3.63, 3.8) is 0 Å². The average molecular weight is 376 g/mol. The van der Waals surface area contributed by atoms with Gasteiger partial charge in [0.05, 0.1) is 11.9 Å². The predicted octanol–water partition coefficient (Wildman–Crippen LogP) is 3.74. The number of hydrogen-bond acceptors (Lipinski definition) is 4. The standard InChI is InChI=1S/C18H14F2N2O3S/c19-14-6-4-13(5-7-14)12-25-17-3-1-2-16(9-17)22-26(23,24)18-8-15(20)10-21-11-18/h1-11,22H,12H2. The minimum absolute atomic E-state index is 0.199. The Labute approximate surface area is 149 Å². The second-order valence-electron chi connectivity index (χ2n) is 5.39. The van der Waals surface area contributed by atoms with Crippen LogP contribution >= 0.6 is 0 Å². The molecular formula is C18H14F2N2O3S. The Morgan fingerprint density at radius 2 is 1.73 bits per heavy atom. The van der Waals surface area contributed by atoms with Crippen molar-refractivity contribution in [1.29, 1.82) is 0 Å². The van der Waals surface area contributed by atoms with E-state index in [1.54, 1.807) is 24.3 Å². The zero-order valence-electron chi connectivity index (χ0n) is 13.4. The van der Waals surface area contributed by atoms with Crippen molar-refractivity contribution in [3.8, 4) is 5.75 Å². The van der Waals surface area contributed by atoms with Gasteiger partial charge in [-0.1, -0.05) is 18.2 Å². The number of aromatic nitrogens is 1. The fraction of sp³-hybridized carbons (Fsp3) is 0.0556. The van der Waals surface area contributed by atoms with Crippen LogP contribution < -0.4 is 9.46 Å². The molecule has 1 heterocycles. The molecule has 0 amide bonds. The first-order valence-corrected chi connectivity index (χ1v) is 9.01. The quantitative estimate of drug-likeness (QED) is 0.712. The first-order chi connectivity index (χ1) is 12.4. The van der Waals surface area contributed by atoms with Gasteiger partial charge in [-0.25, -0.2) is 17.2 Å². The van der Waals surface area contributed by atoms with Crippen LogP contribution in [-0.2, 0) is 16.6 Å². The van der Waals surface area contributed by atoms with E-state index in [-0.39, 0.29) is 23.0 Å². The second kappa shape index (κ2) is 7.49. The molecule has 26 heavy (non-hydrogen) atoms. The van der Waals surface area contributed by atoms with Crippen LogP contribution in [0.5, 0.6) is 5.75 Å². The Balaban J connectivity index is 1.71. The molecule has 3 aromatic rings. The molecular weight excluding hydrogens is 362 g/mol. The van der Waals surface area contributed by atoms with Crippen molar-refractivity contribution < 1.29 is 21.9 Å². The molecule has 0 fully saturated rings. The molecule has 5 nitrogen and oxygen atoms in total. The minimum Gasteiger partial charge on any atom is -0.489 e. The van der Waals surface area contributed by atoms with Crippen molar-refractivity contribution in [2.75, 3.05) is 4.72 Å². The normalized spacial score (nSPS) is 11.2. The number of benzene rings is 2. The summed E-state index contributed by atoms with van der Waals surface area (Å²) in [5.74, 6) is -0.659. The van der Waals surface area contributed by atoms with E-state index in [4.69, 9.17) is 4.74 Å². The van der Waals surface area contributed by atoms with E-state index in [1.165, 1.54) is 24.3 Å². The number of pyridine rings is 1. The zero-order chi connectivity index (χ0) is 18.6. The number of rotatable bonds is 6. The lowest BCUT2D eigenvalue weighted by molar-refractivity contribution is 0.306. The summed E-state index contributed by atoms with van der Waals surface area (Å²) in [5, 5.41) is 0. The maximum Gasteiger partial charge on any atom is 0.263 e. The molecule has 0 spiro atoms. The Morgan fingerprint density at radius 1 is 0.962 bits per heavy atom. The molecule has 134 valence electrons. The highest BCUT2D eigenvalue weighted by molar-refractivity contribution is 7.92. The second-order valence-corrected chi connectivity index (χ2v) is 7.07. The number of hydrogen-bond donors (Lipinski definition) is 1. The maximum atomic E-state index is 13.2. The van der Waals surface area contributed by atoms with Crippen LogP contribution in [0, 0.1) is 11.6 Å². The van der Waals surface area contributed by atoms with Crippen LogP contribution in [0.25, 0.3) is 0 Å². The van der Waals surface area contributed by atoms with E-state index in [0.717, 1.165) is 24.0 Å². The first-order valence-electron chi connectivity index (χ1n) is 7.53. The van der Waals surface area contributed by atoms with Gasteiger partial charge in [-0.15, -0.1) is 0 Å². The third-order valence-corrected chi connectivity index (χ3v) is 4.74. The van der Waals surface area contributed by atoms with E-state index in [2.05, 4.69) is 9.71 Å². The molecule has 0 atom stereocenters. The molecule has 0 aliphatic rings. The monoisotopic (exact) mass is 376 g/mol. The Morgan fingerprint density at radius 3 is 2.46 bits per heavy atom. The number of ether oxygens (including phenoxy) is 1. The van der Waals surface area contributed by atoms with Gasteiger partial charge < -0.3 is 4.74 Å². The molecule has 0 bridgehead atoms. The Bertz CT molecular complexity index is 1010. The summed E-state index contributed by atoms with van der Waals surface area (Å²) in [5.41, 5.74) is 1.02. The van der Waals surface area contributed by atoms with Crippen LogP contribution in [0.2, 0.25) is 0 Å². The summed E-state index contributed by atoms with van der Waals surface area (Å²) in [6.07, 6.45) is 1.98. The van der Waals surface area contributed by atoms with Gasteiger partial charge in [0.2, 0.25) is 0 Å². The van der Waals surface area contributed by atoms with Crippen LogP contribution in [0.1, 0.15) is 5.56 Å². The summed E-state index contributed by atoms with van der Waals surface area (Å²) in [7, 11) is -3.97. The van der Waals surface area contributed by atoms with Crippen LogP contribution in [0.4, 0.5) is 14.5 Å². The predicted molar refractivity (Wildman–Crippen MR) is 92.2 cm³/mol. The van der Waals surface area contributed by atoms with Crippen molar-refractivity contribution in [3.05, 3.63) is 84.2 Å². The van der Waals surface area contributed by atoms with E-state index < -0.39 is 15.8 Å². The van der Waals surface area contributed by atoms with Crippen LogP contribution in [0.15, 0.2) is 71.9 Å². The van der Waals surface area contributed by atoms with Gasteiger partial charge in [-0.05, 0) is 35.9 Å². The zero-order valence-corrected chi connectivity index (χ0v) is 14.2. The Hall–Kier alpha value is -3.00. The smallest absolute Gasteiger partial charge is 0.263 e. The lowest BCUT2D eigenvalue weighted by Crippen LogP contribution is -2.13. The number of nitrogens with zero attached hydrogens (tertiary/aromatic N) is 1. The van der Waals surface area contributed by atoms with Gasteiger partial charge in [-0.2, -0.15) is 0 Å². The molecule has 0 saturated heterocycles. The van der Waals surface area contributed by atoms with E-state index in [0.29, 0.717) is 5.75 Å². The van der Waals surface area contributed by atoms with Crippen molar-refractivity contribution >= 4 is 15.7 Å². The van der Waals surface area contributed by atoms with E-state index in [1.807, 2.05) is 0 Å². The molecule has 2 aromatic carbocycles. The molecule has 0 unspecified atom stereocenters. The molecule has 0 radical (unpaired) electrons. The van der Waals surface area contributed by atoms with Crippen molar-refractivity contribution in [1.82, 2.24) is 4.98 Å². The topological polar surface area (TPSA) is 68.3 Å². The lowest BCUT2D eigenvalue weighted by atomic mass is 10.2. The van der Waals surface area contributed by atoms with Crippen LogP contribution in [0.3, 0.4) is 0 Å². The summed E-state index contributed by atoms with van der Waals surface area (Å²) >= 11 is 0. The van der Waals surface area contributed by atoms with Gasteiger partial charge in [0.25, 0.3) is 10.0 Å². The van der Waals surface area contributed by atoms with Gasteiger partial charge in [0, 0.05) is 12.3 Å². The molecule has 0 aliphatic carbocycles. The molecule has 1 aromatic heterocycles. The van der Waals surface area contributed by atoms with Gasteiger partial charge in [0.1, 0.15) is 28.9 Å². The van der Waals surface area contributed by atoms with Crippen LogP contribution in [-0.4, -0.2) is 13.4 Å². The highest BCUT2D eigenvalue weighted by Crippen LogP contribution is 2.22. The molecule has 0 aliphatic heterocycles. The number of sulfonamides is 1. The summed E-state index contributed by atoms with van der Waals surface area (Å²) < 4.78 is 58.6. The van der Waals surface area contributed by atoms with Crippen molar-refractivity contribution in [2.24, 2.45) is 0 Å². The summed E-state index contributed by atoms with van der Waals surface area (Å²) in [6.45, 7) is 0.199. The fourth-order valence-corrected chi connectivity index (χ4v) is 3.17. The highest BCUT2D eigenvalue weighted by atomic mass is 32.2. The van der Waals surface area contributed by atoms with E-state index in [9.17, 15) is 17.2 Å². The van der Waals surface area contributed by atoms with Gasteiger partial charge >= 0.3 is 0 Å². The lowest BCUT2D eigenvalue weighted by Gasteiger charge is -2.10. The average Bonchev–Trinajstić information content (AvgIpc) is 2.61. The maximum absolute atomic E-state index is 13.2. The molecule has 0 saturated carbocycles. The summed E-state index contributed by atoms with van der Waals surface area (Å²) in [4.78, 5) is 3.25. The van der Waals surface area contributed by atoms with Gasteiger partial charge in [0.15, 0.2) is 0 Å². The Kier molecular flexibility index (Phi) is 5.13. The highest BCUT2D eigenvalue weighted by Gasteiger charge is 2.15. The SMILES string of the molecule is O=S(=O)(Nc1cccc(OCc2ccc(F)cc2)c1)c1cncc(F)c1. The van der Waals surface area contributed by atoms with Gasteiger partial charge in [-0.3, -0.25) is 9.71 Å². The fourth-order valence-electron chi connectivity index (χ4n) is 2.15. The first kappa shape index (κ1) is 17.8. The third kappa shape index (κ3) is 4.54. The summed E-state index contributed by atoms with van der Waals surface area (Å²) in [6, 6.07) is 13.0. The van der Waals surface area contributed by atoms with Crippen molar-refractivity contribution in [2.45, 2.75) is 11.5 Å². The minimum atomic E-state index is -3.97. The largest absolute Gasteiger partial charge is 0.489 e.